The van der Waals surface area contributed by atoms with Gasteiger partial charge in [0, 0.05) is 18.2 Å². The van der Waals surface area contributed by atoms with E-state index in [2.05, 4.69) is 17.6 Å². The van der Waals surface area contributed by atoms with E-state index in [1.165, 1.54) is 19.3 Å². The molecule has 1 fully saturated rings. The average Bonchev–Trinajstić information content (AvgIpc) is 2.53. The van der Waals surface area contributed by atoms with Crippen LogP contribution in [-0.2, 0) is 4.79 Å². The molecule has 1 amide bonds. The second-order valence-electron chi connectivity index (χ2n) is 5.61. The Morgan fingerprint density at radius 1 is 1.33 bits per heavy atom. The van der Waals surface area contributed by atoms with Crippen LogP contribution < -0.4 is 15.4 Å². The van der Waals surface area contributed by atoms with Gasteiger partial charge in [-0.05, 0) is 56.5 Å². The monoisotopic (exact) mass is 290 g/mol. The maximum atomic E-state index is 11.9. The van der Waals surface area contributed by atoms with Crippen molar-refractivity contribution >= 4 is 11.6 Å². The molecule has 2 rings (SSSR count). The third-order valence-corrected chi connectivity index (χ3v) is 3.74. The van der Waals surface area contributed by atoms with Gasteiger partial charge in [0.1, 0.15) is 5.75 Å². The highest BCUT2D eigenvalue weighted by molar-refractivity contribution is 5.90. The second kappa shape index (κ2) is 8.67. The fourth-order valence-electron chi connectivity index (χ4n) is 2.55. The normalized spacial score (nSPS) is 18.2. The van der Waals surface area contributed by atoms with Gasteiger partial charge in [-0.3, -0.25) is 4.79 Å². The standard InChI is InChI=1S/C17H26N2O2/c1-2-13-21-16-9-6-15(7-10-16)19-17(20)11-8-14-5-3-4-12-18-14/h6-7,9-10,14,18H,2-5,8,11-13H2,1H3,(H,19,20). The van der Waals surface area contributed by atoms with Crippen molar-refractivity contribution in [3.05, 3.63) is 24.3 Å². The van der Waals surface area contributed by atoms with Crippen molar-refractivity contribution in [1.29, 1.82) is 0 Å². The van der Waals surface area contributed by atoms with Crippen molar-refractivity contribution in [2.24, 2.45) is 0 Å². The van der Waals surface area contributed by atoms with E-state index in [-0.39, 0.29) is 5.91 Å². The minimum Gasteiger partial charge on any atom is -0.494 e. The number of hydrogen-bond donors (Lipinski definition) is 2. The van der Waals surface area contributed by atoms with Crippen molar-refractivity contribution in [2.45, 2.75) is 51.5 Å². The first-order chi connectivity index (χ1) is 10.3. The molecular formula is C17H26N2O2. The summed E-state index contributed by atoms with van der Waals surface area (Å²) >= 11 is 0. The molecule has 0 spiro atoms. The summed E-state index contributed by atoms with van der Waals surface area (Å²) in [5.74, 6) is 0.936. The van der Waals surface area contributed by atoms with E-state index in [1.54, 1.807) is 0 Å². The first-order valence-electron chi connectivity index (χ1n) is 8.04. The minimum atomic E-state index is 0.0876. The Labute approximate surface area is 127 Å². The molecule has 4 heteroatoms. The summed E-state index contributed by atoms with van der Waals surface area (Å²) in [5.41, 5.74) is 0.834. The molecule has 1 saturated heterocycles. The van der Waals surface area contributed by atoms with Crippen molar-refractivity contribution in [3.63, 3.8) is 0 Å². The van der Waals surface area contributed by atoms with Gasteiger partial charge in [0.15, 0.2) is 0 Å². The van der Waals surface area contributed by atoms with Gasteiger partial charge in [0.2, 0.25) is 5.91 Å². The van der Waals surface area contributed by atoms with Crippen LogP contribution in [0.2, 0.25) is 0 Å². The summed E-state index contributed by atoms with van der Waals surface area (Å²) in [6.45, 7) is 3.89. The van der Waals surface area contributed by atoms with Crippen molar-refractivity contribution < 1.29 is 9.53 Å². The molecule has 0 aromatic heterocycles. The van der Waals surface area contributed by atoms with Gasteiger partial charge in [0.05, 0.1) is 6.61 Å². The molecule has 0 radical (unpaired) electrons. The lowest BCUT2D eigenvalue weighted by Gasteiger charge is -2.23. The Morgan fingerprint density at radius 3 is 2.81 bits per heavy atom. The number of hydrogen-bond acceptors (Lipinski definition) is 3. The summed E-state index contributed by atoms with van der Waals surface area (Å²) in [6, 6.07) is 8.08. The number of anilines is 1. The molecule has 1 unspecified atom stereocenters. The zero-order valence-electron chi connectivity index (χ0n) is 12.9. The molecule has 1 aromatic rings. The molecule has 116 valence electrons. The van der Waals surface area contributed by atoms with Crippen molar-refractivity contribution in [1.82, 2.24) is 5.32 Å². The molecular weight excluding hydrogens is 264 g/mol. The van der Waals surface area contributed by atoms with Gasteiger partial charge >= 0.3 is 0 Å². The molecule has 1 aliphatic rings. The van der Waals surface area contributed by atoms with E-state index in [0.29, 0.717) is 12.5 Å². The van der Waals surface area contributed by atoms with Crippen molar-refractivity contribution in [3.8, 4) is 5.75 Å². The molecule has 4 nitrogen and oxygen atoms in total. The lowest BCUT2D eigenvalue weighted by atomic mass is 10.0. The summed E-state index contributed by atoms with van der Waals surface area (Å²) in [7, 11) is 0. The molecule has 0 aliphatic carbocycles. The first-order valence-corrected chi connectivity index (χ1v) is 8.04. The van der Waals surface area contributed by atoms with E-state index >= 15 is 0 Å². The summed E-state index contributed by atoms with van der Waals surface area (Å²) in [4.78, 5) is 11.9. The molecule has 1 aromatic carbocycles. The Hall–Kier alpha value is -1.55. The van der Waals surface area contributed by atoms with E-state index < -0.39 is 0 Å². The molecule has 2 N–H and O–H groups in total. The molecule has 1 aliphatic heterocycles. The minimum absolute atomic E-state index is 0.0876. The molecule has 0 saturated carbocycles. The molecule has 21 heavy (non-hydrogen) atoms. The van der Waals surface area contributed by atoms with Crippen LogP contribution in [0, 0.1) is 0 Å². The second-order valence-corrected chi connectivity index (χ2v) is 5.61. The van der Waals surface area contributed by atoms with E-state index in [1.807, 2.05) is 24.3 Å². The van der Waals surface area contributed by atoms with E-state index in [0.717, 1.165) is 37.4 Å². The number of rotatable bonds is 7. The summed E-state index contributed by atoms with van der Waals surface area (Å²) in [6.07, 6.45) is 6.22. The van der Waals surface area contributed by atoms with Crippen LogP contribution in [0.15, 0.2) is 24.3 Å². The maximum Gasteiger partial charge on any atom is 0.224 e. The number of carbonyl (C=O) groups excluding carboxylic acids is 1. The third kappa shape index (κ3) is 5.76. The quantitative estimate of drug-likeness (QED) is 0.810. The maximum absolute atomic E-state index is 11.9. The lowest BCUT2D eigenvalue weighted by Crippen LogP contribution is -2.34. The highest BCUT2D eigenvalue weighted by atomic mass is 16.5. The number of nitrogens with one attached hydrogen (secondary N) is 2. The Bertz CT molecular complexity index is 425. The Balaban J connectivity index is 1.71. The first kappa shape index (κ1) is 15.8. The van der Waals surface area contributed by atoms with E-state index in [9.17, 15) is 4.79 Å². The Morgan fingerprint density at radius 2 is 2.14 bits per heavy atom. The lowest BCUT2D eigenvalue weighted by molar-refractivity contribution is -0.116. The highest BCUT2D eigenvalue weighted by Crippen LogP contribution is 2.17. The van der Waals surface area contributed by atoms with Crippen LogP contribution in [-0.4, -0.2) is 25.1 Å². The zero-order chi connectivity index (χ0) is 14.9. The van der Waals surface area contributed by atoms with Gasteiger partial charge < -0.3 is 15.4 Å². The number of benzene rings is 1. The largest absolute Gasteiger partial charge is 0.494 e. The molecule has 1 heterocycles. The predicted octanol–water partition coefficient (Wildman–Crippen LogP) is 3.34. The van der Waals surface area contributed by atoms with Crippen LogP contribution in [0.4, 0.5) is 5.69 Å². The third-order valence-electron chi connectivity index (χ3n) is 3.74. The molecule has 1 atom stereocenters. The number of amides is 1. The summed E-state index contributed by atoms with van der Waals surface area (Å²) in [5, 5.41) is 6.41. The van der Waals surface area contributed by atoms with Crippen LogP contribution in [0.25, 0.3) is 0 Å². The predicted molar refractivity (Wildman–Crippen MR) is 85.7 cm³/mol. The fraction of sp³-hybridized carbons (Fsp3) is 0.588. The van der Waals surface area contributed by atoms with Crippen LogP contribution in [0.3, 0.4) is 0 Å². The number of piperidine rings is 1. The fourth-order valence-corrected chi connectivity index (χ4v) is 2.55. The van der Waals surface area contributed by atoms with Crippen LogP contribution in [0.1, 0.15) is 45.4 Å². The number of carbonyl (C=O) groups is 1. The SMILES string of the molecule is CCCOc1ccc(NC(=O)CCC2CCCCN2)cc1. The van der Waals surface area contributed by atoms with E-state index in [4.69, 9.17) is 4.74 Å². The topological polar surface area (TPSA) is 50.4 Å². The zero-order valence-corrected chi connectivity index (χ0v) is 12.9. The van der Waals surface area contributed by atoms with Gasteiger partial charge in [-0.25, -0.2) is 0 Å². The highest BCUT2D eigenvalue weighted by Gasteiger charge is 2.14. The molecule has 0 bridgehead atoms. The average molecular weight is 290 g/mol. The van der Waals surface area contributed by atoms with Gasteiger partial charge in [-0.2, -0.15) is 0 Å². The smallest absolute Gasteiger partial charge is 0.224 e. The summed E-state index contributed by atoms with van der Waals surface area (Å²) < 4.78 is 5.52. The Kier molecular flexibility index (Phi) is 6.54. The van der Waals surface area contributed by atoms with Gasteiger partial charge in [0.25, 0.3) is 0 Å². The van der Waals surface area contributed by atoms with Crippen LogP contribution >= 0.6 is 0 Å². The van der Waals surface area contributed by atoms with Gasteiger partial charge in [-0.1, -0.05) is 13.3 Å². The van der Waals surface area contributed by atoms with Gasteiger partial charge in [-0.15, -0.1) is 0 Å². The van der Waals surface area contributed by atoms with Crippen molar-refractivity contribution in [2.75, 3.05) is 18.5 Å². The number of ether oxygens (including phenoxy) is 1. The van der Waals surface area contributed by atoms with Crippen LogP contribution in [0.5, 0.6) is 5.75 Å².